The molecule has 1 aliphatic carbocycles. The predicted molar refractivity (Wildman–Crippen MR) is 79.7 cm³/mol. The van der Waals surface area contributed by atoms with Gasteiger partial charge in [0.2, 0.25) is 0 Å². The second-order valence-corrected chi connectivity index (χ2v) is 7.01. The number of hydrogen-bond donors (Lipinski definition) is 1. The molecule has 4 nitrogen and oxygen atoms in total. The summed E-state index contributed by atoms with van der Waals surface area (Å²) in [4.78, 5) is 4.06. The molecular formula is C15H20N2O2S. The minimum atomic E-state index is -3.60. The molecule has 2 rings (SSSR count). The standard InChI is InChI=1S/C15H20N2O2S/c1-11(2)13-7-8-15(16-10-13)20(18,19)17-14-6-4-5-12(3)9-14/h6-11,17H,4-5H2,1-3H3. The van der Waals surface area contributed by atoms with E-state index in [9.17, 15) is 8.42 Å². The molecule has 108 valence electrons. The first-order valence-electron chi connectivity index (χ1n) is 6.74. The summed E-state index contributed by atoms with van der Waals surface area (Å²) in [6.07, 6.45) is 7.22. The molecule has 0 spiro atoms. The molecule has 0 atom stereocenters. The van der Waals surface area contributed by atoms with Crippen LogP contribution in [0.25, 0.3) is 0 Å². The van der Waals surface area contributed by atoms with Crippen molar-refractivity contribution in [2.24, 2.45) is 0 Å². The highest BCUT2D eigenvalue weighted by molar-refractivity contribution is 7.89. The lowest BCUT2D eigenvalue weighted by Gasteiger charge is -2.13. The van der Waals surface area contributed by atoms with E-state index in [1.165, 1.54) is 5.57 Å². The lowest BCUT2D eigenvalue weighted by atomic mass is 10.1. The highest BCUT2D eigenvalue weighted by Gasteiger charge is 2.17. The van der Waals surface area contributed by atoms with Gasteiger partial charge >= 0.3 is 0 Å². The molecule has 0 saturated heterocycles. The SMILES string of the molecule is CC1=CC(NS(=O)(=O)c2ccc(C(C)C)cn2)=CCC1. The molecule has 0 radical (unpaired) electrons. The molecule has 1 aromatic heterocycles. The number of sulfonamides is 1. The van der Waals surface area contributed by atoms with Gasteiger partial charge in [-0.3, -0.25) is 4.72 Å². The zero-order valence-corrected chi connectivity index (χ0v) is 12.9. The van der Waals surface area contributed by atoms with Crippen LogP contribution in [0.3, 0.4) is 0 Å². The maximum Gasteiger partial charge on any atom is 0.279 e. The Morgan fingerprint density at radius 3 is 2.60 bits per heavy atom. The molecule has 0 saturated carbocycles. The van der Waals surface area contributed by atoms with Gasteiger partial charge in [-0.05, 0) is 43.4 Å². The summed E-state index contributed by atoms with van der Waals surface area (Å²) in [5.41, 5.74) is 2.83. The highest BCUT2D eigenvalue weighted by atomic mass is 32.2. The molecule has 0 aromatic carbocycles. The molecular weight excluding hydrogens is 272 g/mol. The second-order valence-electron chi connectivity index (χ2n) is 5.38. The Labute approximate surface area is 120 Å². The van der Waals surface area contributed by atoms with Crippen LogP contribution in [0.5, 0.6) is 0 Å². The molecule has 1 aliphatic rings. The van der Waals surface area contributed by atoms with Crippen molar-refractivity contribution < 1.29 is 8.42 Å². The van der Waals surface area contributed by atoms with Crippen molar-refractivity contribution in [1.29, 1.82) is 0 Å². The third kappa shape index (κ3) is 3.48. The molecule has 0 amide bonds. The van der Waals surface area contributed by atoms with Gasteiger partial charge in [0.25, 0.3) is 10.0 Å². The van der Waals surface area contributed by atoms with Crippen molar-refractivity contribution in [2.75, 3.05) is 0 Å². The Morgan fingerprint density at radius 2 is 2.05 bits per heavy atom. The van der Waals surface area contributed by atoms with Crippen molar-refractivity contribution in [2.45, 2.75) is 44.6 Å². The van der Waals surface area contributed by atoms with Gasteiger partial charge < -0.3 is 0 Å². The van der Waals surface area contributed by atoms with E-state index in [1.54, 1.807) is 12.3 Å². The van der Waals surface area contributed by atoms with Gasteiger partial charge in [0.1, 0.15) is 0 Å². The first-order valence-corrected chi connectivity index (χ1v) is 8.23. The van der Waals surface area contributed by atoms with Gasteiger partial charge in [-0.1, -0.05) is 31.6 Å². The first kappa shape index (κ1) is 14.8. The molecule has 0 bridgehead atoms. The number of aromatic nitrogens is 1. The van der Waals surface area contributed by atoms with E-state index < -0.39 is 10.0 Å². The maximum atomic E-state index is 12.2. The summed E-state index contributed by atoms with van der Waals surface area (Å²) in [5, 5.41) is 0.0550. The Morgan fingerprint density at radius 1 is 1.30 bits per heavy atom. The number of rotatable bonds is 4. The van der Waals surface area contributed by atoms with Crippen LogP contribution in [0.2, 0.25) is 0 Å². The van der Waals surface area contributed by atoms with Crippen LogP contribution in [-0.4, -0.2) is 13.4 Å². The van der Waals surface area contributed by atoms with E-state index in [0.717, 1.165) is 18.4 Å². The fourth-order valence-corrected chi connectivity index (χ4v) is 3.02. The summed E-state index contributed by atoms with van der Waals surface area (Å²) >= 11 is 0. The normalized spacial score (nSPS) is 15.8. The average Bonchev–Trinajstić information content (AvgIpc) is 2.38. The quantitative estimate of drug-likeness (QED) is 0.927. The Bertz CT molecular complexity index is 641. The molecule has 1 N–H and O–H groups in total. The van der Waals surface area contributed by atoms with Crippen LogP contribution >= 0.6 is 0 Å². The maximum absolute atomic E-state index is 12.2. The lowest BCUT2D eigenvalue weighted by molar-refractivity contribution is 0.585. The van der Waals surface area contributed by atoms with Gasteiger partial charge in [-0.15, -0.1) is 0 Å². The number of nitrogens with one attached hydrogen (secondary N) is 1. The van der Waals surface area contributed by atoms with E-state index in [2.05, 4.69) is 9.71 Å². The van der Waals surface area contributed by atoms with Crippen molar-refractivity contribution in [3.05, 3.63) is 47.3 Å². The van der Waals surface area contributed by atoms with Gasteiger partial charge in [0.05, 0.1) is 0 Å². The number of hydrogen-bond acceptors (Lipinski definition) is 3. The monoisotopic (exact) mass is 292 g/mol. The summed E-state index contributed by atoms with van der Waals surface area (Å²) in [5.74, 6) is 0.332. The minimum absolute atomic E-state index is 0.0550. The Hall–Kier alpha value is -1.62. The topological polar surface area (TPSA) is 59.1 Å². The minimum Gasteiger partial charge on any atom is -0.279 e. The van der Waals surface area contributed by atoms with Crippen LogP contribution in [0.1, 0.15) is 45.1 Å². The van der Waals surface area contributed by atoms with E-state index in [-0.39, 0.29) is 5.03 Å². The van der Waals surface area contributed by atoms with Gasteiger partial charge in [0.15, 0.2) is 5.03 Å². The van der Waals surface area contributed by atoms with Crippen molar-refractivity contribution in [1.82, 2.24) is 9.71 Å². The van der Waals surface area contributed by atoms with E-state index in [0.29, 0.717) is 11.6 Å². The van der Waals surface area contributed by atoms with E-state index in [1.807, 2.05) is 39.0 Å². The van der Waals surface area contributed by atoms with Gasteiger partial charge in [-0.25, -0.2) is 4.98 Å². The van der Waals surface area contributed by atoms with Crippen LogP contribution in [0.4, 0.5) is 0 Å². The highest BCUT2D eigenvalue weighted by Crippen LogP contribution is 2.18. The van der Waals surface area contributed by atoms with E-state index in [4.69, 9.17) is 0 Å². The molecule has 0 aliphatic heterocycles. The largest absolute Gasteiger partial charge is 0.279 e. The van der Waals surface area contributed by atoms with Crippen LogP contribution < -0.4 is 4.72 Å². The van der Waals surface area contributed by atoms with Gasteiger partial charge in [0, 0.05) is 11.9 Å². The predicted octanol–water partition coefficient (Wildman–Crippen LogP) is 3.11. The number of pyridine rings is 1. The van der Waals surface area contributed by atoms with Crippen molar-refractivity contribution >= 4 is 10.0 Å². The molecule has 20 heavy (non-hydrogen) atoms. The first-order chi connectivity index (χ1) is 9.38. The number of allylic oxidation sites excluding steroid dienone is 3. The van der Waals surface area contributed by atoms with Crippen LogP contribution in [0, 0.1) is 0 Å². The average molecular weight is 292 g/mol. The summed E-state index contributed by atoms with van der Waals surface area (Å²) in [6.45, 7) is 6.09. The molecule has 1 heterocycles. The summed E-state index contributed by atoms with van der Waals surface area (Å²) in [6, 6.07) is 3.36. The molecule has 5 heteroatoms. The lowest BCUT2D eigenvalue weighted by Crippen LogP contribution is -2.24. The van der Waals surface area contributed by atoms with Crippen LogP contribution in [0.15, 0.2) is 46.8 Å². The Balaban J connectivity index is 2.20. The summed E-state index contributed by atoms with van der Waals surface area (Å²) in [7, 11) is -3.60. The fraction of sp³-hybridized carbons (Fsp3) is 0.400. The van der Waals surface area contributed by atoms with Crippen molar-refractivity contribution in [3.8, 4) is 0 Å². The summed E-state index contributed by atoms with van der Waals surface area (Å²) < 4.78 is 27.1. The Kier molecular flexibility index (Phi) is 4.28. The second kappa shape index (κ2) is 5.79. The smallest absolute Gasteiger partial charge is 0.279 e. The molecule has 0 fully saturated rings. The zero-order chi connectivity index (χ0) is 14.8. The van der Waals surface area contributed by atoms with Gasteiger partial charge in [-0.2, -0.15) is 8.42 Å². The molecule has 1 aromatic rings. The third-order valence-corrected chi connectivity index (χ3v) is 4.55. The van der Waals surface area contributed by atoms with Crippen molar-refractivity contribution in [3.63, 3.8) is 0 Å². The third-order valence-electron chi connectivity index (χ3n) is 3.26. The zero-order valence-electron chi connectivity index (χ0n) is 12.1. The van der Waals surface area contributed by atoms with E-state index >= 15 is 0 Å². The fourth-order valence-electron chi connectivity index (χ4n) is 2.02. The molecule has 0 unspecified atom stereocenters. The van der Waals surface area contributed by atoms with Crippen LogP contribution in [-0.2, 0) is 10.0 Å². The number of nitrogens with zero attached hydrogens (tertiary/aromatic N) is 1.